The maximum absolute atomic E-state index is 10.3. The molecule has 0 aromatic rings. The van der Waals surface area contributed by atoms with Crippen molar-refractivity contribution in [2.45, 2.75) is 25.1 Å². The highest BCUT2D eigenvalue weighted by Gasteiger charge is 2.06. The molecule has 0 saturated carbocycles. The van der Waals surface area contributed by atoms with Gasteiger partial charge in [-0.05, 0) is 12.8 Å². The van der Waals surface area contributed by atoms with E-state index in [4.69, 9.17) is 22.0 Å². The molecule has 0 fully saturated rings. The van der Waals surface area contributed by atoms with Crippen LogP contribution >= 0.6 is 11.6 Å². The Hall–Kier alpha value is -1.01. The molecule has 0 radical (unpaired) electrons. The van der Waals surface area contributed by atoms with Gasteiger partial charge in [0.2, 0.25) is 0 Å². The molecule has 0 saturated heterocycles. The first-order valence-electron chi connectivity index (χ1n) is 3.59. The Morgan fingerprint density at radius 1 is 1.83 bits per heavy atom. The Morgan fingerprint density at radius 3 is 2.75 bits per heavy atom. The summed E-state index contributed by atoms with van der Waals surface area (Å²) in [5.74, 6) is -1.20. The van der Waals surface area contributed by atoms with Gasteiger partial charge in [0.05, 0.1) is 0 Å². The second kappa shape index (κ2) is 5.62. The van der Waals surface area contributed by atoms with Crippen molar-refractivity contribution < 1.29 is 9.90 Å². The number of halogens is 1. The molecule has 0 aromatic heterocycles. The van der Waals surface area contributed by atoms with E-state index in [-0.39, 0.29) is 11.0 Å². The summed E-state index contributed by atoms with van der Waals surface area (Å²) in [6.45, 7) is 1.90. The first-order chi connectivity index (χ1) is 5.61. The van der Waals surface area contributed by atoms with Crippen LogP contribution in [0, 0.1) is 11.3 Å². The third kappa shape index (κ3) is 3.99. The number of carboxylic acid groups (broad SMARTS) is 1. The second-order valence-electron chi connectivity index (χ2n) is 2.28. The van der Waals surface area contributed by atoms with Crippen LogP contribution in [0.5, 0.6) is 0 Å². The zero-order chi connectivity index (χ0) is 9.56. The van der Waals surface area contributed by atoms with E-state index < -0.39 is 5.97 Å². The minimum atomic E-state index is -1.20. The Kier molecular flexibility index (Phi) is 5.14. The van der Waals surface area contributed by atoms with Crippen molar-refractivity contribution in [2.75, 3.05) is 0 Å². The number of allylic oxidation sites excluding steroid dienone is 1. The van der Waals surface area contributed by atoms with E-state index >= 15 is 0 Å². The molecule has 0 spiro atoms. The molecule has 4 heteroatoms. The fourth-order valence-electron chi connectivity index (χ4n) is 0.593. The molecule has 66 valence electrons. The summed E-state index contributed by atoms with van der Waals surface area (Å²) in [4.78, 5) is 10.3. The molecule has 12 heavy (non-hydrogen) atoms. The van der Waals surface area contributed by atoms with E-state index in [1.165, 1.54) is 6.08 Å². The Bertz CT molecular complexity index is 230. The molecular weight excluding hydrogens is 178 g/mol. The highest BCUT2D eigenvalue weighted by atomic mass is 35.5. The molecule has 3 nitrogen and oxygen atoms in total. The Morgan fingerprint density at radius 2 is 2.42 bits per heavy atom. The van der Waals surface area contributed by atoms with Crippen LogP contribution in [0.15, 0.2) is 11.6 Å². The molecule has 0 aliphatic carbocycles. The highest BCUT2D eigenvalue weighted by molar-refractivity contribution is 6.20. The second-order valence-corrected chi connectivity index (χ2v) is 2.89. The van der Waals surface area contributed by atoms with Crippen LogP contribution in [0.4, 0.5) is 0 Å². The quantitative estimate of drug-likeness (QED) is 0.416. The number of hydrogen-bond donors (Lipinski definition) is 1. The van der Waals surface area contributed by atoms with E-state index in [0.29, 0.717) is 6.42 Å². The van der Waals surface area contributed by atoms with Gasteiger partial charge in [0, 0.05) is 5.38 Å². The lowest BCUT2D eigenvalue weighted by Crippen LogP contribution is -2.00. The zero-order valence-electron chi connectivity index (χ0n) is 6.75. The first kappa shape index (κ1) is 11.0. The third-order valence-electron chi connectivity index (χ3n) is 1.37. The van der Waals surface area contributed by atoms with Crippen LogP contribution < -0.4 is 0 Å². The molecule has 1 N–H and O–H groups in total. The smallest absolute Gasteiger partial charge is 0.346 e. The summed E-state index contributed by atoms with van der Waals surface area (Å²) < 4.78 is 0. The lowest BCUT2D eigenvalue weighted by Gasteiger charge is -1.99. The van der Waals surface area contributed by atoms with Gasteiger partial charge in [-0.3, -0.25) is 0 Å². The van der Waals surface area contributed by atoms with Crippen LogP contribution in [0.3, 0.4) is 0 Å². The number of nitriles is 1. The van der Waals surface area contributed by atoms with E-state index in [0.717, 1.165) is 6.42 Å². The van der Waals surface area contributed by atoms with Gasteiger partial charge in [-0.2, -0.15) is 5.26 Å². The van der Waals surface area contributed by atoms with Crippen molar-refractivity contribution in [1.29, 1.82) is 5.26 Å². The normalized spacial score (nSPS) is 13.6. The first-order valence-corrected chi connectivity index (χ1v) is 4.03. The lowest BCUT2D eigenvalue weighted by atomic mass is 10.2. The minimum Gasteiger partial charge on any atom is -0.477 e. The van der Waals surface area contributed by atoms with Crippen LogP contribution in [0.25, 0.3) is 0 Å². The van der Waals surface area contributed by atoms with Crippen molar-refractivity contribution >= 4 is 17.6 Å². The van der Waals surface area contributed by atoms with Crippen molar-refractivity contribution in [3.05, 3.63) is 11.6 Å². The summed E-state index contributed by atoms with van der Waals surface area (Å²) in [6.07, 6.45) is 2.53. The molecule has 0 bridgehead atoms. The summed E-state index contributed by atoms with van der Waals surface area (Å²) in [5, 5.41) is 16.7. The number of rotatable bonds is 4. The van der Waals surface area contributed by atoms with Gasteiger partial charge in [-0.15, -0.1) is 11.6 Å². The molecule has 0 aliphatic rings. The van der Waals surface area contributed by atoms with Gasteiger partial charge >= 0.3 is 5.97 Å². The molecule has 0 aliphatic heterocycles. The summed E-state index contributed by atoms with van der Waals surface area (Å²) >= 11 is 5.72. The number of aliphatic carboxylic acids is 1. The average molecular weight is 188 g/mol. The van der Waals surface area contributed by atoms with Crippen molar-refractivity contribution in [1.82, 2.24) is 0 Å². The predicted molar refractivity (Wildman–Crippen MR) is 45.9 cm³/mol. The molecule has 1 unspecified atom stereocenters. The SMILES string of the molecule is CCC(Cl)CC=C(C#N)C(=O)O. The largest absolute Gasteiger partial charge is 0.477 e. The maximum Gasteiger partial charge on any atom is 0.346 e. The lowest BCUT2D eigenvalue weighted by molar-refractivity contribution is -0.132. The minimum absolute atomic E-state index is 0.0901. The van der Waals surface area contributed by atoms with Gasteiger partial charge in [0.25, 0.3) is 0 Å². The number of alkyl halides is 1. The Labute approximate surface area is 76.3 Å². The monoisotopic (exact) mass is 187 g/mol. The zero-order valence-corrected chi connectivity index (χ0v) is 7.51. The molecule has 1 atom stereocenters. The highest BCUT2D eigenvalue weighted by Crippen LogP contribution is 2.08. The van der Waals surface area contributed by atoms with E-state index in [1.54, 1.807) is 6.07 Å². The van der Waals surface area contributed by atoms with E-state index in [1.807, 2.05) is 6.92 Å². The number of nitrogens with zero attached hydrogens (tertiary/aromatic N) is 1. The average Bonchev–Trinajstić information content (AvgIpc) is 2.04. The third-order valence-corrected chi connectivity index (χ3v) is 1.86. The number of hydrogen-bond acceptors (Lipinski definition) is 2. The number of carboxylic acids is 1. The molecule has 0 amide bonds. The number of carbonyl (C=O) groups is 1. The fraction of sp³-hybridized carbons (Fsp3) is 0.500. The predicted octanol–water partition coefficient (Wildman–Crippen LogP) is 1.93. The molecule has 0 heterocycles. The summed E-state index contributed by atoms with van der Waals surface area (Å²) in [7, 11) is 0. The van der Waals surface area contributed by atoms with Crippen LogP contribution in [-0.2, 0) is 4.79 Å². The van der Waals surface area contributed by atoms with Crippen LogP contribution in [0.2, 0.25) is 0 Å². The van der Waals surface area contributed by atoms with E-state index in [2.05, 4.69) is 0 Å². The summed E-state index contributed by atoms with van der Waals surface area (Å²) in [5.41, 5.74) is -0.242. The van der Waals surface area contributed by atoms with Crippen LogP contribution in [-0.4, -0.2) is 16.5 Å². The maximum atomic E-state index is 10.3. The molecular formula is C8H10ClNO2. The molecule has 0 rings (SSSR count). The van der Waals surface area contributed by atoms with E-state index in [9.17, 15) is 4.79 Å². The Balaban J connectivity index is 4.15. The van der Waals surface area contributed by atoms with Gasteiger partial charge in [-0.25, -0.2) is 4.79 Å². The van der Waals surface area contributed by atoms with Gasteiger partial charge in [-0.1, -0.05) is 13.0 Å². The standard InChI is InChI=1S/C8H10ClNO2/c1-2-7(9)4-3-6(5-10)8(11)12/h3,7H,2,4H2,1H3,(H,11,12). The molecule has 0 aromatic carbocycles. The topological polar surface area (TPSA) is 61.1 Å². The van der Waals surface area contributed by atoms with Crippen LogP contribution in [0.1, 0.15) is 19.8 Å². The van der Waals surface area contributed by atoms with Gasteiger partial charge in [0.15, 0.2) is 0 Å². The van der Waals surface area contributed by atoms with Gasteiger partial charge < -0.3 is 5.11 Å². The van der Waals surface area contributed by atoms with Crippen molar-refractivity contribution in [3.8, 4) is 6.07 Å². The van der Waals surface area contributed by atoms with Crippen molar-refractivity contribution in [2.24, 2.45) is 0 Å². The van der Waals surface area contributed by atoms with Crippen molar-refractivity contribution in [3.63, 3.8) is 0 Å². The summed E-state index contributed by atoms with van der Waals surface area (Å²) in [6, 6.07) is 1.58. The fourth-order valence-corrected chi connectivity index (χ4v) is 0.682. The van der Waals surface area contributed by atoms with Gasteiger partial charge in [0.1, 0.15) is 11.6 Å².